The number of hydrogen-bond donors (Lipinski definition) is 7. The minimum atomic E-state index is -0.502. The predicted molar refractivity (Wildman–Crippen MR) is 203 cm³/mol. The number of aromatic amines is 1. The fraction of sp³-hybridized carbons (Fsp3) is 0.361. The molecule has 0 aliphatic heterocycles. The molecule has 3 aromatic rings. The van der Waals surface area contributed by atoms with Gasteiger partial charge in [0.15, 0.2) is 0 Å². The second-order valence-corrected chi connectivity index (χ2v) is 11.5. The Hall–Kier alpha value is -6.19. The molecule has 0 aliphatic carbocycles. The van der Waals surface area contributed by atoms with Gasteiger partial charge in [0.25, 0.3) is 5.56 Å². The zero-order valence-electron chi connectivity index (χ0n) is 29.8. The first-order valence-electron chi connectivity index (χ1n) is 17.1. The van der Waals surface area contributed by atoms with Gasteiger partial charge in [-0.25, -0.2) is 14.4 Å². The molecule has 8 N–H and O–H groups in total. The monoisotopic (exact) mass is 716 g/mol. The number of benzene rings is 2. The fourth-order valence-electron chi connectivity index (χ4n) is 4.32. The molecular weight excluding hydrogens is 668 g/mol. The number of nitrogens with two attached hydrogens (primary N) is 1. The molecule has 1 aromatic heterocycles. The Balaban J connectivity index is 1.60. The van der Waals surface area contributed by atoms with Crippen molar-refractivity contribution in [3.8, 4) is 0 Å². The highest BCUT2D eigenvalue weighted by Crippen LogP contribution is 2.14. The molecule has 2 amide bonds. The molecular formula is C36H48N10O6. The molecule has 16 nitrogen and oxygen atoms in total. The molecule has 1 heterocycles. The third-order valence-electron chi connectivity index (χ3n) is 7.01. The van der Waals surface area contributed by atoms with Gasteiger partial charge < -0.3 is 41.5 Å². The topological polar surface area (TPSA) is 226 Å². The molecule has 0 bridgehead atoms. The summed E-state index contributed by atoms with van der Waals surface area (Å²) >= 11 is 0. The molecule has 0 saturated heterocycles. The number of guanidine groups is 2. The fourth-order valence-corrected chi connectivity index (χ4v) is 4.32. The SMILES string of the molecule is C=C(/N=C(\N=C(/N)Nc1ccc(C(=O)OCCCC)cc1)NCCCCNC(=O)Nc1nc(=O)cc(C)[nH]1)Nc1ccc(C(=O)OCCCC)cc1. The molecule has 16 heteroatoms. The van der Waals surface area contributed by atoms with Gasteiger partial charge in [0.1, 0.15) is 5.82 Å². The Labute approximate surface area is 302 Å². The van der Waals surface area contributed by atoms with Gasteiger partial charge in [-0.15, -0.1) is 0 Å². The number of rotatable bonds is 18. The summed E-state index contributed by atoms with van der Waals surface area (Å²) in [5.74, 6) is -0.325. The van der Waals surface area contributed by atoms with Crippen LogP contribution in [0.2, 0.25) is 0 Å². The van der Waals surface area contributed by atoms with Crippen molar-refractivity contribution < 1.29 is 23.9 Å². The van der Waals surface area contributed by atoms with Crippen molar-refractivity contribution in [2.75, 3.05) is 42.3 Å². The Morgan fingerprint density at radius 1 is 0.788 bits per heavy atom. The van der Waals surface area contributed by atoms with E-state index in [4.69, 9.17) is 15.2 Å². The number of anilines is 3. The zero-order valence-corrected chi connectivity index (χ0v) is 29.8. The minimum Gasteiger partial charge on any atom is -0.462 e. The van der Waals surface area contributed by atoms with Crippen LogP contribution in [0.4, 0.5) is 22.1 Å². The van der Waals surface area contributed by atoms with E-state index in [1.165, 1.54) is 6.07 Å². The quantitative estimate of drug-likeness (QED) is 0.0408. The van der Waals surface area contributed by atoms with Gasteiger partial charge in [0.05, 0.1) is 24.3 Å². The number of H-pyrrole nitrogens is 1. The van der Waals surface area contributed by atoms with Crippen LogP contribution >= 0.6 is 0 Å². The van der Waals surface area contributed by atoms with Crippen molar-refractivity contribution in [1.29, 1.82) is 0 Å². The van der Waals surface area contributed by atoms with E-state index in [0.29, 0.717) is 67.3 Å². The Kier molecular flexibility index (Phi) is 16.9. The number of aliphatic imine (C=N–C) groups is 2. The van der Waals surface area contributed by atoms with Crippen LogP contribution in [0.5, 0.6) is 0 Å². The number of unbranched alkanes of at least 4 members (excludes halogenated alkanes) is 3. The number of nitrogens with one attached hydrogen (secondary N) is 6. The molecule has 0 spiro atoms. The van der Waals surface area contributed by atoms with E-state index in [1.807, 2.05) is 13.8 Å². The number of carbonyl (C=O) groups is 3. The first-order valence-corrected chi connectivity index (χ1v) is 17.1. The van der Waals surface area contributed by atoms with E-state index in [1.54, 1.807) is 55.5 Å². The second-order valence-electron chi connectivity index (χ2n) is 11.5. The van der Waals surface area contributed by atoms with Gasteiger partial charge in [0, 0.05) is 36.2 Å². The number of aromatic nitrogens is 2. The molecule has 0 fully saturated rings. The molecule has 2 aromatic carbocycles. The Bertz CT molecular complexity index is 1750. The average molecular weight is 717 g/mol. The number of carbonyl (C=O) groups excluding carboxylic acids is 3. The average Bonchev–Trinajstić information content (AvgIpc) is 3.10. The number of nitrogens with zero attached hydrogens (tertiary/aromatic N) is 3. The van der Waals surface area contributed by atoms with Crippen LogP contribution in [0.25, 0.3) is 0 Å². The summed E-state index contributed by atoms with van der Waals surface area (Å²) in [6.45, 7) is 11.2. The van der Waals surface area contributed by atoms with Gasteiger partial charge in [0.2, 0.25) is 17.9 Å². The predicted octanol–water partition coefficient (Wildman–Crippen LogP) is 4.85. The van der Waals surface area contributed by atoms with Crippen molar-refractivity contribution in [2.24, 2.45) is 15.7 Å². The first-order chi connectivity index (χ1) is 25.1. The third-order valence-corrected chi connectivity index (χ3v) is 7.01. The summed E-state index contributed by atoms with van der Waals surface area (Å²) in [4.78, 5) is 63.6. The number of aryl methyl sites for hydroxylation is 1. The molecule has 3 rings (SSSR count). The lowest BCUT2D eigenvalue weighted by atomic mass is 10.2. The maximum Gasteiger partial charge on any atom is 0.338 e. The summed E-state index contributed by atoms with van der Waals surface area (Å²) in [5.41, 5.74) is 8.40. The van der Waals surface area contributed by atoms with E-state index in [9.17, 15) is 19.2 Å². The van der Waals surface area contributed by atoms with Crippen LogP contribution < -0.4 is 37.9 Å². The lowest BCUT2D eigenvalue weighted by molar-refractivity contribution is 0.0490. The summed E-state index contributed by atoms with van der Waals surface area (Å²) in [7, 11) is 0. The van der Waals surface area contributed by atoms with Gasteiger partial charge in [-0.2, -0.15) is 15.0 Å². The largest absolute Gasteiger partial charge is 0.462 e. The lowest BCUT2D eigenvalue weighted by Gasteiger charge is -2.12. The highest BCUT2D eigenvalue weighted by molar-refractivity contribution is 6.01. The van der Waals surface area contributed by atoms with Crippen molar-refractivity contribution in [1.82, 2.24) is 20.6 Å². The second kappa shape index (κ2) is 21.8. The van der Waals surface area contributed by atoms with Gasteiger partial charge in [-0.05, 0) is 81.1 Å². The molecule has 0 unspecified atom stereocenters. The number of amides is 2. The van der Waals surface area contributed by atoms with Crippen LogP contribution in [0, 0.1) is 6.92 Å². The van der Waals surface area contributed by atoms with E-state index in [0.717, 1.165) is 25.7 Å². The summed E-state index contributed by atoms with van der Waals surface area (Å²) in [6.07, 6.45) is 4.67. The van der Waals surface area contributed by atoms with Crippen molar-refractivity contribution in [2.45, 2.75) is 59.3 Å². The molecule has 0 atom stereocenters. The van der Waals surface area contributed by atoms with E-state index < -0.39 is 23.5 Å². The number of ether oxygens (including phenoxy) is 2. The van der Waals surface area contributed by atoms with E-state index in [-0.39, 0.29) is 23.7 Å². The summed E-state index contributed by atoms with van der Waals surface area (Å²) in [5, 5.41) is 14.4. The molecule has 0 saturated carbocycles. The highest BCUT2D eigenvalue weighted by Gasteiger charge is 2.10. The van der Waals surface area contributed by atoms with Crippen LogP contribution in [0.3, 0.4) is 0 Å². The lowest BCUT2D eigenvalue weighted by Crippen LogP contribution is -2.32. The third kappa shape index (κ3) is 15.1. The molecule has 0 aliphatic rings. The van der Waals surface area contributed by atoms with Crippen LogP contribution in [0.1, 0.15) is 78.8 Å². The van der Waals surface area contributed by atoms with Crippen LogP contribution in [0.15, 0.2) is 81.8 Å². The molecule has 278 valence electrons. The smallest absolute Gasteiger partial charge is 0.338 e. The first kappa shape index (κ1) is 40.2. The zero-order chi connectivity index (χ0) is 37.7. The van der Waals surface area contributed by atoms with Crippen molar-refractivity contribution in [3.05, 3.63) is 94.2 Å². The van der Waals surface area contributed by atoms with Crippen molar-refractivity contribution >= 4 is 47.2 Å². The maximum atomic E-state index is 12.2. The summed E-state index contributed by atoms with van der Waals surface area (Å²) < 4.78 is 10.5. The number of esters is 2. The Morgan fingerprint density at radius 3 is 1.87 bits per heavy atom. The van der Waals surface area contributed by atoms with E-state index in [2.05, 4.69) is 53.1 Å². The van der Waals surface area contributed by atoms with Crippen molar-refractivity contribution in [3.63, 3.8) is 0 Å². The van der Waals surface area contributed by atoms with Gasteiger partial charge >= 0.3 is 18.0 Å². The Morgan fingerprint density at radius 2 is 1.33 bits per heavy atom. The normalized spacial score (nSPS) is 11.3. The van der Waals surface area contributed by atoms with Gasteiger partial charge in [-0.1, -0.05) is 33.3 Å². The number of urea groups is 1. The van der Waals surface area contributed by atoms with Crippen LogP contribution in [-0.2, 0) is 9.47 Å². The van der Waals surface area contributed by atoms with E-state index >= 15 is 0 Å². The number of hydrogen-bond acceptors (Lipinski definition) is 9. The maximum absolute atomic E-state index is 12.2. The molecule has 52 heavy (non-hydrogen) atoms. The standard InChI is InChI=1S/C36H48N10O6/c1-5-7-21-51-31(48)26-11-15-28(16-12-26)41-25(4)42-34(38-19-9-10-20-39-36(50)46-35-40-24(3)23-30(47)44-35)45-33(37)43-29-17-13-27(14-18-29)32(49)52-22-8-6-2/h11-18,23,41H,4-10,19-22H2,1-3H3,(H4,37,38,42,43,45)(H3,39,40,44,46,47,50). The minimum absolute atomic E-state index is 0.0180. The highest BCUT2D eigenvalue weighted by atomic mass is 16.5. The van der Waals surface area contributed by atoms with Crippen LogP contribution in [-0.4, -0.2) is 66.2 Å². The molecule has 0 radical (unpaired) electrons. The van der Waals surface area contributed by atoms with Gasteiger partial charge in [-0.3, -0.25) is 10.1 Å². The summed E-state index contributed by atoms with van der Waals surface area (Å²) in [6, 6.07) is 14.2.